The Morgan fingerprint density at radius 2 is 1.62 bits per heavy atom. The molecule has 0 radical (unpaired) electrons. The van der Waals surface area contributed by atoms with Gasteiger partial charge in [-0.1, -0.05) is 30.3 Å². The molecule has 1 aliphatic carbocycles. The number of carbonyl (C=O) groups excluding carboxylic acids is 2. The monoisotopic (exact) mass is 408 g/mol. The Morgan fingerprint density at radius 1 is 0.966 bits per heavy atom. The van der Waals surface area contributed by atoms with E-state index in [0.717, 1.165) is 10.0 Å². The molecule has 0 saturated carbocycles. The van der Waals surface area contributed by atoms with E-state index in [9.17, 15) is 23.1 Å². The Labute approximate surface area is 166 Å². The first-order valence-corrected chi connectivity index (χ1v) is 10.1. The summed E-state index contributed by atoms with van der Waals surface area (Å²) < 4.78 is 27.6. The van der Waals surface area contributed by atoms with Crippen LogP contribution in [-0.4, -0.2) is 35.7 Å². The number of aromatic nitrogens is 1. The summed E-state index contributed by atoms with van der Waals surface area (Å²) in [5, 5.41) is 9.76. The lowest BCUT2D eigenvalue weighted by Gasteiger charge is -2.16. The molecule has 4 rings (SSSR count). The zero-order chi connectivity index (χ0) is 20.8. The molecule has 0 bridgehead atoms. The van der Waals surface area contributed by atoms with E-state index < -0.39 is 28.2 Å². The van der Waals surface area contributed by atoms with Crippen LogP contribution in [0.1, 0.15) is 16.1 Å². The van der Waals surface area contributed by atoms with E-state index in [-0.39, 0.29) is 21.7 Å². The van der Waals surface area contributed by atoms with Crippen LogP contribution < -0.4 is 5.73 Å². The highest BCUT2D eigenvalue weighted by molar-refractivity contribution is 7.90. The van der Waals surface area contributed by atoms with E-state index in [2.05, 4.69) is 0 Å². The van der Waals surface area contributed by atoms with E-state index >= 15 is 0 Å². The van der Waals surface area contributed by atoms with Crippen molar-refractivity contribution in [1.82, 2.24) is 3.97 Å². The zero-order valence-electron chi connectivity index (χ0n) is 15.1. The molecule has 0 saturated heterocycles. The van der Waals surface area contributed by atoms with Crippen LogP contribution in [-0.2, 0) is 14.8 Å². The van der Waals surface area contributed by atoms with Crippen molar-refractivity contribution in [2.24, 2.45) is 0 Å². The highest BCUT2D eigenvalue weighted by Gasteiger charge is 2.35. The molecule has 0 unspecified atom stereocenters. The predicted molar refractivity (Wildman–Crippen MR) is 108 cm³/mol. The van der Waals surface area contributed by atoms with Gasteiger partial charge in [0, 0.05) is 23.0 Å². The zero-order valence-corrected chi connectivity index (χ0v) is 15.9. The third-order valence-electron chi connectivity index (χ3n) is 4.73. The summed E-state index contributed by atoms with van der Waals surface area (Å²) in [5.74, 6) is -1.62. The van der Waals surface area contributed by atoms with Crippen molar-refractivity contribution in [3.05, 3.63) is 78.1 Å². The number of nitrogens with zero attached hydrogens (tertiary/aromatic N) is 1. The van der Waals surface area contributed by atoms with Crippen molar-refractivity contribution in [2.75, 3.05) is 12.3 Å². The second kappa shape index (κ2) is 6.84. The number of hydrogen-bond donors (Lipinski definition) is 2. The lowest BCUT2D eigenvalue weighted by Crippen LogP contribution is -2.23. The van der Waals surface area contributed by atoms with Gasteiger partial charge < -0.3 is 10.8 Å². The third kappa shape index (κ3) is 2.98. The van der Waals surface area contributed by atoms with Crippen LogP contribution in [0.2, 0.25) is 0 Å². The van der Waals surface area contributed by atoms with Crippen LogP contribution in [0.5, 0.6) is 0 Å². The van der Waals surface area contributed by atoms with Crippen LogP contribution >= 0.6 is 0 Å². The van der Waals surface area contributed by atoms with E-state index in [0.29, 0.717) is 16.8 Å². The Balaban J connectivity index is 2.06. The number of ketones is 2. The molecule has 29 heavy (non-hydrogen) atoms. The number of aliphatic hydroxyl groups excluding tert-OH is 1. The quantitative estimate of drug-likeness (QED) is 0.504. The number of rotatable bonds is 4. The molecule has 0 amide bonds. The smallest absolute Gasteiger partial charge is 0.268 e. The van der Waals surface area contributed by atoms with Gasteiger partial charge in [0.05, 0.1) is 22.8 Å². The molecule has 7 nitrogen and oxygen atoms in total. The maximum atomic E-state index is 13.3. The van der Waals surface area contributed by atoms with Crippen molar-refractivity contribution in [3.8, 4) is 11.1 Å². The molecule has 3 N–H and O–H groups in total. The number of hydrogen-bond acceptors (Lipinski definition) is 6. The molecule has 0 aliphatic heterocycles. The minimum Gasteiger partial charge on any atom is -0.399 e. The summed E-state index contributed by atoms with van der Waals surface area (Å²) in [6.07, 6.45) is 2.29. The van der Waals surface area contributed by atoms with Crippen molar-refractivity contribution in [2.45, 2.75) is 4.90 Å². The predicted octanol–water partition coefficient (Wildman–Crippen LogP) is 2.12. The van der Waals surface area contributed by atoms with Gasteiger partial charge in [0.1, 0.15) is 0 Å². The first-order valence-electron chi connectivity index (χ1n) is 8.67. The maximum Gasteiger partial charge on any atom is 0.268 e. The number of nitrogens with two attached hydrogens (primary N) is 1. The van der Waals surface area contributed by atoms with Crippen molar-refractivity contribution in [3.63, 3.8) is 0 Å². The van der Waals surface area contributed by atoms with E-state index in [1.54, 1.807) is 30.3 Å². The number of allylic oxidation sites excluding steroid dienone is 1. The number of Topliss-reactive ketones (excluding diaryl/α,β-unsaturated/α-hetero) is 1. The van der Waals surface area contributed by atoms with Gasteiger partial charge in [-0.05, 0) is 35.9 Å². The Morgan fingerprint density at radius 3 is 2.24 bits per heavy atom. The van der Waals surface area contributed by atoms with Crippen molar-refractivity contribution >= 4 is 32.9 Å². The normalized spacial score (nSPS) is 13.9. The summed E-state index contributed by atoms with van der Waals surface area (Å²) in [7, 11) is -4.12. The third-order valence-corrected chi connectivity index (χ3v) is 6.40. The minimum absolute atomic E-state index is 0.00669. The number of fused-ring (bicyclic) bond motifs is 1. The van der Waals surface area contributed by atoms with E-state index in [1.807, 2.05) is 0 Å². The van der Waals surface area contributed by atoms with Gasteiger partial charge in [-0.15, -0.1) is 0 Å². The molecule has 2 aromatic carbocycles. The Bertz CT molecular complexity index is 1270. The fourth-order valence-electron chi connectivity index (χ4n) is 3.33. The van der Waals surface area contributed by atoms with Gasteiger partial charge in [0.2, 0.25) is 11.6 Å². The summed E-state index contributed by atoms with van der Waals surface area (Å²) >= 11 is 0. The fourth-order valence-corrected chi connectivity index (χ4v) is 4.73. The average Bonchev–Trinajstić information content (AvgIpc) is 3.13. The molecule has 0 spiro atoms. The van der Waals surface area contributed by atoms with Gasteiger partial charge in [0.15, 0.2) is 0 Å². The molecule has 146 valence electrons. The van der Waals surface area contributed by atoms with Gasteiger partial charge >= 0.3 is 0 Å². The summed E-state index contributed by atoms with van der Waals surface area (Å²) in [4.78, 5) is 24.8. The second-order valence-electron chi connectivity index (χ2n) is 6.52. The first kappa shape index (κ1) is 18.9. The second-order valence-corrected chi connectivity index (χ2v) is 8.34. The fraction of sp³-hybridized carbons (Fsp3) is 0.0476. The maximum absolute atomic E-state index is 13.3. The van der Waals surface area contributed by atoms with Crippen LogP contribution in [0, 0.1) is 0 Å². The standard InChI is InChI=1S/C21H16N2O5S/c22-15-6-8-16(9-7-15)29(27,28)23-11-17(13-4-2-1-3-5-13)19-20(23)14(12-24)10-18(25)21(19)26/h1-11,24H,12,22H2. The number of anilines is 1. The van der Waals surface area contributed by atoms with Crippen LogP contribution in [0.4, 0.5) is 5.69 Å². The molecule has 0 atom stereocenters. The highest BCUT2D eigenvalue weighted by atomic mass is 32.2. The SMILES string of the molecule is Nc1ccc(S(=O)(=O)n2cc(-c3ccccc3)c3c2C(CO)=CC(=O)C3=O)cc1. The van der Waals surface area contributed by atoms with Crippen LogP contribution in [0.25, 0.3) is 16.7 Å². The lowest BCUT2D eigenvalue weighted by molar-refractivity contribution is -0.111. The molecular formula is C21H16N2O5S. The van der Waals surface area contributed by atoms with Crippen molar-refractivity contribution < 1.29 is 23.1 Å². The van der Waals surface area contributed by atoms with Crippen LogP contribution in [0.3, 0.4) is 0 Å². The Hall–Kier alpha value is -3.49. The molecule has 1 aliphatic rings. The van der Waals surface area contributed by atoms with Gasteiger partial charge in [-0.25, -0.2) is 12.4 Å². The summed E-state index contributed by atoms with van der Waals surface area (Å²) in [6.45, 7) is -0.596. The average molecular weight is 408 g/mol. The number of carbonyl (C=O) groups is 2. The first-order chi connectivity index (χ1) is 13.8. The largest absolute Gasteiger partial charge is 0.399 e. The molecular weight excluding hydrogens is 392 g/mol. The van der Waals surface area contributed by atoms with Crippen molar-refractivity contribution in [1.29, 1.82) is 0 Å². The molecule has 1 heterocycles. The molecule has 1 aromatic heterocycles. The van der Waals surface area contributed by atoms with Gasteiger partial charge in [-0.3, -0.25) is 9.59 Å². The summed E-state index contributed by atoms with van der Waals surface area (Å²) in [5.41, 5.74) is 6.95. The number of nitrogen functional groups attached to an aromatic ring is 1. The topological polar surface area (TPSA) is 119 Å². The van der Waals surface area contributed by atoms with Gasteiger partial charge in [-0.2, -0.15) is 0 Å². The highest BCUT2D eigenvalue weighted by Crippen LogP contribution is 2.37. The minimum atomic E-state index is -4.12. The number of aliphatic hydroxyl groups is 1. The van der Waals surface area contributed by atoms with E-state index in [1.165, 1.54) is 30.5 Å². The number of benzene rings is 2. The van der Waals surface area contributed by atoms with Crippen LogP contribution in [0.15, 0.2) is 71.8 Å². The molecule has 3 aromatic rings. The molecule has 0 fully saturated rings. The van der Waals surface area contributed by atoms with Gasteiger partial charge in [0.25, 0.3) is 10.0 Å². The Kier molecular flexibility index (Phi) is 4.45. The lowest BCUT2D eigenvalue weighted by atomic mass is 9.90. The van der Waals surface area contributed by atoms with E-state index in [4.69, 9.17) is 5.73 Å². The summed E-state index contributed by atoms with van der Waals surface area (Å²) in [6, 6.07) is 14.3. The molecule has 8 heteroatoms.